The van der Waals surface area contributed by atoms with Gasteiger partial charge in [-0.3, -0.25) is 0 Å². The van der Waals surface area contributed by atoms with Crippen molar-refractivity contribution < 1.29 is 30.8 Å². The summed E-state index contributed by atoms with van der Waals surface area (Å²) in [5.74, 6) is -0.162. The van der Waals surface area contributed by atoms with Gasteiger partial charge in [-0.15, -0.1) is 0 Å². The van der Waals surface area contributed by atoms with Crippen LogP contribution in [-0.4, -0.2) is 20.7 Å². The summed E-state index contributed by atoms with van der Waals surface area (Å²) in [7, 11) is 0. The van der Waals surface area contributed by atoms with Gasteiger partial charge in [0.05, 0.1) is 0 Å². The Balaban J connectivity index is 2.51. The van der Waals surface area contributed by atoms with E-state index in [1.165, 1.54) is 0 Å². The molecule has 1 atom stereocenters. The van der Waals surface area contributed by atoms with Crippen LogP contribution in [0.15, 0.2) is 0 Å². The maximum atomic E-state index is 10.9. The zero-order chi connectivity index (χ0) is 7.56. The third-order valence-electron chi connectivity index (χ3n) is 1.44. The van der Waals surface area contributed by atoms with Gasteiger partial charge in [-0.25, -0.2) is 0 Å². The zero-order valence-corrected chi connectivity index (χ0v) is 7.84. The van der Waals surface area contributed by atoms with E-state index < -0.39 is 0 Å². The van der Waals surface area contributed by atoms with Gasteiger partial charge in [0.15, 0.2) is 0 Å². The molecule has 0 aromatic heterocycles. The Labute approximate surface area is 69.8 Å². The van der Waals surface area contributed by atoms with Crippen LogP contribution in [0.4, 0.5) is 0 Å². The number of rotatable bonds is 1. The van der Waals surface area contributed by atoms with E-state index in [0.717, 1.165) is 6.42 Å². The van der Waals surface area contributed by atoms with Crippen molar-refractivity contribution in [3.8, 4) is 0 Å². The van der Waals surface area contributed by atoms with E-state index in [4.69, 9.17) is 0 Å². The van der Waals surface area contributed by atoms with Crippen molar-refractivity contribution in [1.82, 2.24) is 5.32 Å². The van der Waals surface area contributed by atoms with Gasteiger partial charge in [0.1, 0.15) is 0 Å². The Morgan fingerprint density at radius 3 is 2.80 bits per heavy atom. The van der Waals surface area contributed by atoms with E-state index in [-0.39, 0.29) is 36.9 Å². The normalized spacial score (nSPS) is 26.7. The SMILES string of the molecule is C[I-][C@@H]1CCC(=O)NC1=O. The van der Waals surface area contributed by atoms with Crippen LogP contribution in [-0.2, 0) is 9.59 Å². The van der Waals surface area contributed by atoms with Crippen molar-refractivity contribution >= 4 is 11.8 Å². The quantitative estimate of drug-likeness (QED) is 0.300. The minimum atomic E-state index is -0.112. The third-order valence-corrected chi connectivity index (χ3v) is 4.13. The molecule has 0 bridgehead atoms. The monoisotopic (exact) mass is 254 g/mol. The summed E-state index contributed by atoms with van der Waals surface area (Å²) in [6, 6.07) is 0. The first-order chi connectivity index (χ1) is 4.74. The van der Waals surface area contributed by atoms with Crippen LogP contribution < -0.4 is 26.5 Å². The van der Waals surface area contributed by atoms with Crippen molar-refractivity contribution in [3.63, 3.8) is 0 Å². The first-order valence-corrected chi connectivity index (χ1v) is 6.46. The van der Waals surface area contributed by atoms with E-state index in [2.05, 4.69) is 10.2 Å². The predicted octanol–water partition coefficient (Wildman–Crippen LogP) is -3.49. The van der Waals surface area contributed by atoms with Crippen LogP contribution in [0.2, 0.25) is 0 Å². The molecule has 3 nitrogen and oxygen atoms in total. The van der Waals surface area contributed by atoms with E-state index in [9.17, 15) is 9.59 Å². The van der Waals surface area contributed by atoms with Crippen molar-refractivity contribution in [3.05, 3.63) is 0 Å². The number of carbonyl (C=O) groups excluding carboxylic acids is 2. The summed E-state index contributed by atoms with van der Waals surface area (Å²) in [4.78, 5) is 23.6. The van der Waals surface area contributed by atoms with E-state index in [0.29, 0.717) is 6.42 Å². The first-order valence-electron chi connectivity index (χ1n) is 3.05. The van der Waals surface area contributed by atoms with Gasteiger partial charge in [0, 0.05) is 0 Å². The molecule has 1 aliphatic rings. The summed E-state index contributed by atoms with van der Waals surface area (Å²) in [5.41, 5.74) is 0. The topological polar surface area (TPSA) is 46.2 Å². The molecular formula is C6H9INO2-. The average molecular weight is 254 g/mol. The number of hydrogen-bond acceptors (Lipinski definition) is 2. The fourth-order valence-electron chi connectivity index (χ4n) is 0.875. The molecule has 1 N–H and O–H groups in total. The molecule has 0 saturated carbocycles. The molecule has 0 spiro atoms. The minimum absolute atomic E-state index is 0.0376. The second-order valence-corrected chi connectivity index (χ2v) is 4.89. The van der Waals surface area contributed by atoms with Gasteiger partial charge in [0.25, 0.3) is 0 Å². The molecule has 1 saturated heterocycles. The number of halogens is 1. The van der Waals surface area contributed by atoms with Gasteiger partial charge in [-0.1, -0.05) is 0 Å². The van der Waals surface area contributed by atoms with Gasteiger partial charge < -0.3 is 0 Å². The molecule has 1 rings (SSSR count). The molecule has 0 aromatic rings. The van der Waals surface area contributed by atoms with Crippen molar-refractivity contribution in [2.24, 2.45) is 0 Å². The summed E-state index contributed by atoms with van der Waals surface area (Å²) in [5, 5.41) is 2.33. The van der Waals surface area contributed by atoms with Gasteiger partial charge in [-0.05, 0) is 0 Å². The number of imide groups is 1. The number of hydrogen-bond donors (Lipinski definition) is 1. The van der Waals surface area contributed by atoms with Crippen molar-refractivity contribution in [1.29, 1.82) is 0 Å². The molecule has 10 heavy (non-hydrogen) atoms. The number of nitrogens with one attached hydrogen (secondary N) is 1. The number of alkyl halides is 2. The molecule has 1 aliphatic heterocycles. The fourth-order valence-corrected chi connectivity index (χ4v) is 2.53. The second-order valence-electron chi connectivity index (χ2n) is 2.14. The number of piperidine rings is 1. The van der Waals surface area contributed by atoms with E-state index in [1.54, 1.807) is 0 Å². The summed E-state index contributed by atoms with van der Waals surface area (Å²) in [6.07, 6.45) is 1.30. The van der Waals surface area contributed by atoms with Gasteiger partial charge in [-0.2, -0.15) is 0 Å². The molecular weight excluding hydrogens is 245 g/mol. The van der Waals surface area contributed by atoms with E-state index >= 15 is 0 Å². The van der Waals surface area contributed by atoms with Crippen LogP contribution in [0.1, 0.15) is 12.8 Å². The molecule has 4 heteroatoms. The van der Waals surface area contributed by atoms with Crippen LogP contribution in [0.3, 0.4) is 0 Å². The molecule has 1 heterocycles. The zero-order valence-electron chi connectivity index (χ0n) is 5.69. The molecule has 0 aromatic carbocycles. The Kier molecular flexibility index (Phi) is 2.64. The Morgan fingerprint density at radius 1 is 1.60 bits per heavy atom. The second kappa shape index (κ2) is 3.32. The number of carbonyl (C=O) groups is 2. The van der Waals surface area contributed by atoms with Crippen LogP contribution in [0.5, 0.6) is 0 Å². The average Bonchev–Trinajstić information content (AvgIpc) is 1.88. The number of amides is 2. The van der Waals surface area contributed by atoms with Crippen LogP contribution >= 0.6 is 0 Å². The molecule has 58 valence electrons. The fraction of sp³-hybridized carbons (Fsp3) is 0.667. The van der Waals surface area contributed by atoms with Gasteiger partial charge >= 0.3 is 69.6 Å². The maximum absolute atomic E-state index is 10.9. The standard InChI is InChI=1S/C6H9INO2/c1-7-4-2-3-5(9)8-6(4)10/h4H,2-3H2,1H3,(H,8,9,10)/q-1/t4-/m1/s1. The Bertz CT molecular complexity index is 169. The van der Waals surface area contributed by atoms with Crippen LogP contribution in [0.25, 0.3) is 0 Å². The third kappa shape index (κ3) is 1.68. The Hall–Kier alpha value is -0.130. The summed E-state index contributed by atoms with van der Waals surface area (Å²) in [6.45, 7) is 0. The summed E-state index contributed by atoms with van der Waals surface area (Å²) >= 11 is -0.0376. The van der Waals surface area contributed by atoms with E-state index in [1.807, 2.05) is 0 Å². The first kappa shape index (κ1) is 7.97. The summed E-state index contributed by atoms with van der Waals surface area (Å²) < 4.78 is 0.177. The van der Waals surface area contributed by atoms with Crippen molar-refractivity contribution in [2.45, 2.75) is 16.8 Å². The molecule has 0 unspecified atom stereocenters. The van der Waals surface area contributed by atoms with Crippen LogP contribution in [0, 0.1) is 0 Å². The molecule has 1 fully saturated rings. The van der Waals surface area contributed by atoms with Gasteiger partial charge in [0.2, 0.25) is 0 Å². The molecule has 0 aliphatic carbocycles. The van der Waals surface area contributed by atoms with Crippen molar-refractivity contribution in [2.75, 3.05) is 4.93 Å². The molecule has 2 amide bonds. The molecule has 0 radical (unpaired) electrons. The Morgan fingerprint density at radius 2 is 2.30 bits per heavy atom. The predicted molar refractivity (Wildman–Crippen MR) is 32.1 cm³/mol.